The molecular weight excluding hydrogens is 468 g/mol. The van der Waals surface area contributed by atoms with Crippen molar-refractivity contribution in [3.8, 4) is 6.07 Å². The largest absolute Gasteiger partial charge is 0.330 e. The Morgan fingerprint density at radius 3 is 2.69 bits per heavy atom. The number of nitrogens with zero attached hydrogens (tertiary/aromatic N) is 5. The van der Waals surface area contributed by atoms with Crippen LogP contribution in [0, 0.1) is 17.2 Å². The number of hydrogen-bond donors (Lipinski definition) is 1. The molecule has 5 rings (SSSR count). The average molecular weight is 501 g/mol. The molecule has 10 nitrogen and oxygen atoms in total. The van der Waals surface area contributed by atoms with Crippen molar-refractivity contribution in [2.24, 2.45) is 11.7 Å². The number of rotatable bonds is 9. The molecule has 0 radical (unpaired) electrons. The van der Waals surface area contributed by atoms with E-state index >= 15 is 0 Å². The van der Waals surface area contributed by atoms with Crippen LogP contribution in [0.4, 0.5) is 0 Å². The Balaban J connectivity index is 1.16. The molecular formula is C24H32N6O4S. The standard InChI is InChI=1S/C24H32N6O4S/c1-14(15-4-6-19(7-5-15)35-34-33-27(2)3)29-18-10-22(24(29)32)28(12-18)13-20(26)23(31)30-17(11-25)8-16-9-21(16)30/h4-7,14,16-18,20-22H,8-10,12-13,26H2,1-3H3/t14-,16+,17-,18?,20-,21-,22+/m0/s1. The van der Waals surface area contributed by atoms with Crippen LogP contribution in [-0.4, -0.2) is 89.0 Å². The third-order valence-corrected chi connectivity index (χ3v) is 8.25. The summed E-state index contributed by atoms with van der Waals surface area (Å²) in [6.07, 6.45) is 2.49. The van der Waals surface area contributed by atoms with E-state index in [4.69, 9.17) is 15.1 Å². The normalized spacial score (nSPS) is 31.1. The second-order valence-corrected chi connectivity index (χ2v) is 11.0. The van der Waals surface area contributed by atoms with E-state index in [1.807, 2.05) is 36.1 Å². The summed E-state index contributed by atoms with van der Waals surface area (Å²) in [4.78, 5) is 37.9. The van der Waals surface area contributed by atoms with Gasteiger partial charge >= 0.3 is 0 Å². The van der Waals surface area contributed by atoms with Gasteiger partial charge in [-0.25, -0.2) is 0 Å². The minimum absolute atomic E-state index is 0.0549. The Morgan fingerprint density at radius 2 is 2.03 bits per heavy atom. The van der Waals surface area contributed by atoms with Gasteiger partial charge in [0.15, 0.2) is 0 Å². The number of piperazine rings is 1. The first kappa shape index (κ1) is 24.5. The Hall–Kier alpha value is -2.20. The summed E-state index contributed by atoms with van der Waals surface area (Å²) >= 11 is 1.12. The van der Waals surface area contributed by atoms with Gasteiger partial charge in [0.1, 0.15) is 6.04 Å². The third kappa shape index (κ3) is 4.67. The Kier molecular flexibility index (Phi) is 6.78. The number of benzene rings is 1. The SMILES string of the molecule is C[C@@H](c1ccc(SOON(C)C)cc1)N1C(=O)[C@H]2CC1CN2C[C@H](N)C(=O)N1[C@H](C#N)C[C@@H]2C[C@@H]21. The second kappa shape index (κ2) is 9.69. The molecule has 3 saturated heterocycles. The number of hydroxylamine groups is 2. The van der Waals surface area contributed by atoms with Crippen LogP contribution in [0.15, 0.2) is 29.2 Å². The molecule has 3 heterocycles. The molecule has 3 aliphatic heterocycles. The van der Waals surface area contributed by atoms with Gasteiger partial charge in [0.05, 0.1) is 36.2 Å². The van der Waals surface area contributed by atoms with Crippen molar-refractivity contribution in [2.75, 3.05) is 27.2 Å². The summed E-state index contributed by atoms with van der Waals surface area (Å²) in [5.41, 5.74) is 7.37. The summed E-state index contributed by atoms with van der Waals surface area (Å²) in [5, 5.41) is 10.9. The number of carbonyl (C=O) groups is 2. The molecule has 1 unspecified atom stereocenters. The lowest BCUT2D eigenvalue weighted by Crippen LogP contribution is -2.57. The Labute approximate surface area is 210 Å². The van der Waals surface area contributed by atoms with Crippen molar-refractivity contribution < 1.29 is 18.9 Å². The summed E-state index contributed by atoms with van der Waals surface area (Å²) in [6, 6.07) is 9.06. The fraction of sp³-hybridized carbons (Fsp3) is 0.625. The molecule has 1 aliphatic carbocycles. The summed E-state index contributed by atoms with van der Waals surface area (Å²) in [7, 11) is 3.47. The number of amides is 2. The molecule has 2 N–H and O–H groups in total. The van der Waals surface area contributed by atoms with Crippen molar-refractivity contribution in [1.82, 2.24) is 19.8 Å². The molecule has 35 heavy (non-hydrogen) atoms. The first-order valence-corrected chi connectivity index (χ1v) is 12.8. The van der Waals surface area contributed by atoms with Gasteiger partial charge in [-0.15, -0.1) is 9.32 Å². The zero-order valence-corrected chi connectivity index (χ0v) is 21.1. The highest BCUT2D eigenvalue weighted by atomic mass is 32.2. The topological polar surface area (TPSA) is 115 Å². The first-order valence-electron chi connectivity index (χ1n) is 12.1. The van der Waals surface area contributed by atoms with E-state index in [-0.39, 0.29) is 42.0 Å². The fourth-order valence-corrected chi connectivity index (χ4v) is 6.37. The van der Waals surface area contributed by atoms with Gasteiger partial charge in [0.2, 0.25) is 11.8 Å². The van der Waals surface area contributed by atoms with Crippen LogP contribution in [0.3, 0.4) is 0 Å². The lowest BCUT2D eigenvalue weighted by molar-refractivity contribution is -0.340. The maximum absolute atomic E-state index is 13.3. The maximum atomic E-state index is 13.3. The van der Waals surface area contributed by atoms with Gasteiger partial charge in [-0.3, -0.25) is 14.5 Å². The van der Waals surface area contributed by atoms with Gasteiger partial charge in [-0.2, -0.15) is 10.3 Å². The van der Waals surface area contributed by atoms with Crippen LogP contribution >= 0.6 is 12.0 Å². The van der Waals surface area contributed by atoms with E-state index in [2.05, 4.69) is 11.0 Å². The molecule has 1 aromatic rings. The van der Waals surface area contributed by atoms with Crippen molar-refractivity contribution >= 4 is 23.9 Å². The number of likely N-dealkylation sites (tertiary alicyclic amines) is 3. The number of fused-ring (bicyclic) bond motifs is 3. The number of hydrogen-bond acceptors (Lipinski definition) is 9. The fourth-order valence-electron chi connectivity index (χ4n) is 5.89. The van der Waals surface area contributed by atoms with E-state index in [0.717, 1.165) is 41.8 Å². The summed E-state index contributed by atoms with van der Waals surface area (Å²) in [5.74, 6) is 0.398. The van der Waals surface area contributed by atoms with Gasteiger partial charge in [0.25, 0.3) is 0 Å². The zero-order valence-electron chi connectivity index (χ0n) is 20.2. The van der Waals surface area contributed by atoms with Crippen LogP contribution in [0.5, 0.6) is 0 Å². The highest BCUT2D eigenvalue weighted by Gasteiger charge is 2.56. The molecule has 2 amide bonds. The van der Waals surface area contributed by atoms with E-state index < -0.39 is 6.04 Å². The van der Waals surface area contributed by atoms with Crippen LogP contribution in [0.1, 0.15) is 37.8 Å². The monoisotopic (exact) mass is 500 g/mol. The Morgan fingerprint density at radius 1 is 1.29 bits per heavy atom. The molecule has 2 bridgehead atoms. The van der Waals surface area contributed by atoms with Crippen molar-refractivity contribution in [3.63, 3.8) is 0 Å². The molecule has 188 valence electrons. The van der Waals surface area contributed by atoms with Crippen molar-refractivity contribution in [3.05, 3.63) is 29.8 Å². The minimum Gasteiger partial charge on any atom is -0.330 e. The van der Waals surface area contributed by atoms with Crippen LogP contribution in [-0.2, 0) is 18.9 Å². The Bertz CT molecular complexity index is 1020. The van der Waals surface area contributed by atoms with Crippen LogP contribution in [0.25, 0.3) is 0 Å². The lowest BCUT2D eigenvalue weighted by Gasteiger charge is -2.38. The molecule has 4 fully saturated rings. The molecule has 4 aliphatic rings. The zero-order chi connectivity index (χ0) is 24.9. The highest BCUT2D eigenvalue weighted by Crippen LogP contribution is 2.48. The number of carbonyl (C=O) groups excluding carboxylic acids is 2. The predicted molar refractivity (Wildman–Crippen MR) is 128 cm³/mol. The summed E-state index contributed by atoms with van der Waals surface area (Å²) in [6.45, 7) is 3.10. The van der Waals surface area contributed by atoms with E-state index in [9.17, 15) is 14.9 Å². The number of piperidine rings is 1. The van der Waals surface area contributed by atoms with Crippen molar-refractivity contribution in [2.45, 2.75) is 67.3 Å². The number of nitrogens with two attached hydrogens (primary N) is 1. The maximum Gasteiger partial charge on any atom is 0.242 e. The van der Waals surface area contributed by atoms with Gasteiger partial charge in [-0.1, -0.05) is 12.1 Å². The van der Waals surface area contributed by atoms with Crippen LogP contribution < -0.4 is 5.73 Å². The number of nitriles is 1. The molecule has 11 heteroatoms. The average Bonchev–Trinajstić information content (AvgIpc) is 3.16. The smallest absolute Gasteiger partial charge is 0.242 e. The molecule has 1 aromatic carbocycles. The lowest BCUT2D eigenvalue weighted by atomic mass is 10.1. The van der Waals surface area contributed by atoms with Crippen molar-refractivity contribution in [1.29, 1.82) is 5.26 Å². The molecule has 0 aromatic heterocycles. The van der Waals surface area contributed by atoms with E-state index in [1.54, 1.807) is 19.0 Å². The molecule has 7 atom stereocenters. The third-order valence-electron chi connectivity index (χ3n) is 7.66. The van der Waals surface area contributed by atoms with Gasteiger partial charge in [0, 0.05) is 44.2 Å². The minimum atomic E-state index is -0.716. The highest BCUT2D eigenvalue weighted by molar-refractivity contribution is 7.94. The van der Waals surface area contributed by atoms with E-state index in [1.165, 1.54) is 5.06 Å². The first-order chi connectivity index (χ1) is 16.8. The quantitative estimate of drug-likeness (QED) is 0.304. The van der Waals surface area contributed by atoms with E-state index in [0.29, 0.717) is 19.0 Å². The van der Waals surface area contributed by atoms with Crippen LogP contribution in [0.2, 0.25) is 0 Å². The second-order valence-electron chi connectivity index (χ2n) is 10.2. The van der Waals surface area contributed by atoms with Gasteiger partial charge < -0.3 is 15.5 Å². The summed E-state index contributed by atoms with van der Waals surface area (Å²) < 4.78 is 5.07. The van der Waals surface area contributed by atoms with Gasteiger partial charge in [-0.05, 0) is 49.8 Å². The predicted octanol–water partition coefficient (Wildman–Crippen LogP) is 1.30. The molecule has 0 spiro atoms. The molecule has 1 saturated carbocycles.